The number of allylic oxidation sites excluding steroid dienone is 1. The van der Waals surface area contributed by atoms with E-state index < -0.39 is 52.0 Å². The van der Waals surface area contributed by atoms with Crippen molar-refractivity contribution in [3.8, 4) is 5.75 Å². The monoisotopic (exact) mass is 1110 g/mol. The number of imide groups is 1. The Morgan fingerprint density at radius 1 is 0.658 bits per heavy atom. The zero-order valence-electron chi connectivity index (χ0n) is 50.5. The highest BCUT2D eigenvalue weighted by Gasteiger charge is 2.50. The van der Waals surface area contributed by atoms with Crippen molar-refractivity contribution in [1.29, 1.82) is 0 Å². The van der Waals surface area contributed by atoms with Crippen molar-refractivity contribution >= 4 is 28.6 Å². The van der Waals surface area contributed by atoms with Gasteiger partial charge in [-0.05, 0) is 115 Å². The predicted molar refractivity (Wildman–Crippen MR) is 327 cm³/mol. The number of carbonyl (C=O) groups is 2. The highest BCUT2D eigenvalue weighted by atomic mass is 28.4. The van der Waals surface area contributed by atoms with Crippen LogP contribution >= 0.6 is 0 Å². The van der Waals surface area contributed by atoms with Crippen molar-refractivity contribution in [1.82, 2.24) is 4.90 Å². The molecular weight excluding hydrogens is 1010 g/mol. The van der Waals surface area contributed by atoms with Crippen LogP contribution in [0.25, 0.3) is 0 Å². The summed E-state index contributed by atoms with van der Waals surface area (Å²) in [5.41, 5.74) is 2.07. The maximum absolute atomic E-state index is 15.7. The lowest BCUT2D eigenvalue weighted by molar-refractivity contribution is -0.163. The van der Waals surface area contributed by atoms with Crippen molar-refractivity contribution in [3.63, 3.8) is 0 Å². The number of methoxy groups -OCH3 is 1. The summed E-state index contributed by atoms with van der Waals surface area (Å²) in [4.78, 5) is 30.9. The van der Waals surface area contributed by atoms with Crippen LogP contribution in [0.3, 0.4) is 0 Å². The molecule has 0 spiro atoms. The molecule has 0 saturated carbocycles. The fourth-order valence-corrected chi connectivity index (χ4v) is 13.0. The van der Waals surface area contributed by atoms with Gasteiger partial charge in [-0.1, -0.05) is 220 Å². The average molecular weight is 1110 g/mol. The highest BCUT2D eigenvalue weighted by Crippen LogP contribution is 2.46. The number of ether oxygens (including phenoxy) is 4. The molecule has 6 rings (SSSR count). The molecule has 9 nitrogen and oxygen atoms in total. The number of hydrogen-bond donors (Lipinski definition) is 0. The number of cyclic esters (lactones) is 1. The summed E-state index contributed by atoms with van der Waals surface area (Å²) < 4.78 is 41.2. The molecule has 11 heteroatoms. The van der Waals surface area contributed by atoms with Crippen molar-refractivity contribution in [2.24, 2.45) is 17.8 Å². The van der Waals surface area contributed by atoms with Crippen LogP contribution in [0.1, 0.15) is 117 Å². The molecule has 0 aromatic heterocycles. The molecule has 1 aliphatic heterocycles. The van der Waals surface area contributed by atoms with Gasteiger partial charge >= 0.3 is 6.09 Å². The summed E-state index contributed by atoms with van der Waals surface area (Å²) in [5.74, 6) is -0.251. The maximum Gasteiger partial charge on any atom is 0.417 e. The van der Waals surface area contributed by atoms with Crippen molar-refractivity contribution in [2.75, 3.05) is 13.7 Å². The number of nitrogens with zero attached hydrogens (tertiary/aromatic N) is 1. The van der Waals surface area contributed by atoms with E-state index in [0.717, 1.165) is 27.8 Å². The lowest BCUT2D eigenvalue weighted by Gasteiger charge is -2.44. The van der Waals surface area contributed by atoms with Crippen LogP contribution in [0.4, 0.5) is 4.79 Å². The van der Waals surface area contributed by atoms with Crippen LogP contribution < -0.4 is 4.74 Å². The first-order valence-electron chi connectivity index (χ1n) is 28.6. The van der Waals surface area contributed by atoms with Gasteiger partial charge in [-0.2, -0.15) is 0 Å². The number of benzene rings is 5. The van der Waals surface area contributed by atoms with Gasteiger partial charge in [0, 0.05) is 12.3 Å². The normalized spacial score (nSPS) is 17.9. The van der Waals surface area contributed by atoms with E-state index in [1.165, 1.54) is 4.90 Å². The number of rotatable bonds is 26. The Kier molecular flexibility index (Phi) is 21.4. The molecule has 8 atom stereocenters. The third-order valence-corrected chi connectivity index (χ3v) is 26.0. The maximum atomic E-state index is 15.7. The SMILES string of the molecule is CC=C[C@@H](C)[C@H](C[C@@H](C=C[C@H](C)[C@H](OC(c1ccccc1)(c1ccccc1)c1ccccc1)[C@@H](C)C[C@](C)(OCc1ccc(OC)cc1)C(=O)N1C(=O)OC[C@H]1Cc1ccccc1)O[Si](C)(C)C(C)(C)C)O[Si](C)(C)C(C)(C)C. The van der Waals surface area contributed by atoms with E-state index >= 15 is 4.79 Å². The predicted octanol–water partition coefficient (Wildman–Crippen LogP) is 16.5. The molecule has 5 aromatic carbocycles. The average Bonchev–Trinajstić information content (AvgIpc) is 3.95. The quantitative estimate of drug-likeness (QED) is 0.0307. The van der Waals surface area contributed by atoms with Gasteiger partial charge in [0.15, 0.2) is 16.6 Å². The summed E-state index contributed by atoms with van der Waals surface area (Å²) in [6, 6.07) is 48.3. The molecule has 0 bridgehead atoms. The van der Waals surface area contributed by atoms with Crippen LogP contribution in [0.2, 0.25) is 36.3 Å². The Hall–Kier alpha value is -5.41. The molecular formula is C68H93NO8Si2. The molecule has 1 fully saturated rings. The zero-order valence-corrected chi connectivity index (χ0v) is 52.5. The lowest BCUT2D eigenvalue weighted by atomic mass is 9.78. The molecule has 426 valence electrons. The smallest absolute Gasteiger partial charge is 0.417 e. The van der Waals surface area contributed by atoms with E-state index in [1.807, 2.05) is 79.7 Å². The van der Waals surface area contributed by atoms with Crippen molar-refractivity contribution in [3.05, 3.63) is 198 Å². The number of amides is 2. The lowest BCUT2D eigenvalue weighted by Crippen LogP contribution is -2.54. The Morgan fingerprint density at radius 2 is 1.15 bits per heavy atom. The van der Waals surface area contributed by atoms with Crippen molar-refractivity contribution in [2.45, 2.75) is 174 Å². The van der Waals surface area contributed by atoms with E-state index in [2.05, 4.69) is 193 Å². The second kappa shape index (κ2) is 26.9. The first-order chi connectivity index (χ1) is 37.2. The van der Waals surface area contributed by atoms with E-state index in [9.17, 15) is 4.79 Å². The fourth-order valence-electron chi connectivity index (χ4n) is 10.3. The molecule has 2 amide bonds. The zero-order chi connectivity index (χ0) is 57.8. The summed E-state index contributed by atoms with van der Waals surface area (Å²) in [6.07, 6.45) is 8.60. The molecule has 1 saturated heterocycles. The van der Waals surface area contributed by atoms with Crippen molar-refractivity contribution < 1.29 is 37.4 Å². The van der Waals surface area contributed by atoms with Crippen LogP contribution in [-0.2, 0) is 46.5 Å². The third-order valence-electron chi connectivity index (χ3n) is 17.0. The minimum absolute atomic E-state index is 0.0105. The van der Waals surface area contributed by atoms with E-state index in [0.29, 0.717) is 18.6 Å². The Balaban J connectivity index is 1.53. The first-order valence-corrected chi connectivity index (χ1v) is 34.4. The van der Waals surface area contributed by atoms with E-state index in [-0.39, 0.29) is 59.7 Å². The van der Waals surface area contributed by atoms with Gasteiger partial charge in [-0.3, -0.25) is 4.79 Å². The first kappa shape index (κ1) is 62.8. The van der Waals surface area contributed by atoms with Crippen LogP contribution in [0.15, 0.2) is 170 Å². The van der Waals surface area contributed by atoms with Crippen LogP contribution in [0.5, 0.6) is 5.75 Å². The van der Waals surface area contributed by atoms with Gasteiger partial charge in [0.05, 0.1) is 38.1 Å². The van der Waals surface area contributed by atoms with Gasteiger partial charge in [0.1, 0.15) is 23.6 Å². The minimum Gasteiger partial charge on any atom is -0.497 e. The van der Waals surface area contributed by atoms with Gasteiger partial charge in [-0.15, -0.1) is 0 Å². The Bertz CT molecular complexity index is 2640. The Morgan fingerprint density at radius 3 is 1.63 bits per heavy atom. The highest BCUT2D eigenvalue weighted by molar-refractivity contribution is 6.74. The molecule has 1 aliphatic rings. The summed E-state index contributed by atoms with van der Waals surface area (Å²) in [7, 11) is -2.95. The molecule has 79 heavy (non-hydrogen) atoms. The summed E-state index contributed by atoms with van der Waals surface area (Å²) in [5, 5.41) is -0.0441. The standard InChI is InChI=1S/C68H93NO8Si2/c1-17-30-50(2)61(77-79(15,16)66(8,9)10)46-60(76-78(13,14)65(5,6)7)42-39-51(3)62(75-68(55-33-24-19-25-34-55,56-35-26-20-27-36-56)57-37-28-21-29-38-57)52(4)47-67(11,74-48-54-40-43-59(72-12)44-41-54)63(70)69-58(49-73-64(69)71)45-53-31-22-18-23-32-53/h17-44,50-52,58,60-62H,45-49H2,1-16H3/t50-,51+,52+,58-,60-,61+,62+,67+/m1/s1. The molecule has 1 heterocycles. The second-order valence-corrected chi connectivity index (χ2v) is 34.7. The van der Waals surface area contributed by atoms with E-state index in [4.69, 9.17) is 27.8 Å². The van der Waals surface area contributed by atoms with Crippen LogP contribution in [-0.4, -0.2) is 77.2 Å². The topological polar surface area (TPSA) is 92.8 Å². The summed E-state index contributed by atoms with van der Waals surface area (Å²) >= 11 is 0. The molecule has 0 radical (unpaired) electrons. The molecule has 0 aliphatic carbocycles. The third kappa shape index (κ3) is 15.7. The van der Waals surface area contributed by atoms with Gasteiger partial charge in [0.2, 0.25) is 0 Å². The molecule has 5 aromatic rings. The minimum atomic E-state index is -2.36. The van der Waals surface area contributed by atoms with Crippen LogP contribution in [0, 0.1) is 17.8 Å². The Labute approximate surface area is 477 Å². The molecule has 0 unspecified atom stereocenters. The molecule has 0 N–H and O–H groups in total. The van der Waals surface area contributed by atoms with Gasteiger partial charge < -0.3 is 27.8 Å². The number of carbonyl (C=O) groups excluding carboxylic acids is 2. The second-order valence-electron chi connectivity index (χ2n) is 25.2. The van der Waals surface area contributed by atoms with E-state index in [1.54, 1.807) is 7.11 Å². The summed E-state index contributed by atoms with van der Waals surface area (Å²) in [6.45, 7) is 33.8. The largest absolute Gasteiger partial charge is 0.497 e. The van der Waals surface area contributed by atoms with Gasteiger partial charge in [0.25, 0.3) is 5.91 Å². The van der Waals surface area contributed by atoms with Gasteiger partial charge in [-0.25, -0.2) is 9.69 Å². The fraction of sp³-hybridized carbons (Fsp3) is 0.471. The number of hydrogen-bond acceptors (Lipinski definition) is 8.